The van der Waals surface area contributed by atoms with Crippen molar-refractivity contribution in [2.45, 2.75) is 18.6 Å². The molecule has 2 unspecified atom stereocenters. The van der Waals surface area contributed by atoms with Gasteiger partial charge in [-0.3, -0.25) is 9.78 Å². The maximum absolute atomic E-state index is 11.1. The van der Waals surface area contributed by atoms with E-state index in [-0.39, 0.29) is 6.42 Å². The van der Waals surface area contributed by atoms with Crippen LogP contribution in [0.1, 0.15) is 18.1 Å². The molecule has 2 aromatic rings. The van der Waals surface area contributed by atoms with Crippen LogP contribution in [0.15, 0.2) is 36.5 Å². The summed E-state index contributed by atoms with van der Waals surface area (Å²) >= 11 is 0. The molecular formula is C14H15NO4. The summed E-state index contributed by atoms with van der Waals surface area (Å²) in [6, 6.07) is 9.21. The zero-order chi connectivity index (χ0) is 13.8. The fourth-order valence-electron chi connectivity index (χ4n) is 1.84. The number of nitrogens with zero attached hydrogens (tertiary/aromatic N) is 1. The zero-order valence-electron chi connectivity index (χ0n) is 10.5. The molecule has 5 nitrogen and oxygen atoms in total. The van der Waals surface area contributed by atoms with E-state index in [1.807, 2.05) is 24.3 Å². The fourth-order valence-corrected chi connectivity index (χ4v) is 1.84. The molecule has 2 atom stereocenters. The first-order chi connectivity index (χ1) is 9.11. The van der Waals surface area contributed by atoms with Crippen molar-refractivity contribution in [1.29, 1.82) is 0 Å². The van der Waals surface area contributed by atoms with E-state index in [1.165, 1.54) is 13.3 Å². The maximum atomic E-state index is 11.1. The minimum Gasteiger partial charge on any atom is -0.469 e. The van der Waals surface area contributed by atoms with E-state index in [2.05, 4.69) is 9.72 Å². The lowest BCUT2D eigenvalue weighted by Crippen LogP contribution is -2.22. The number of hydrogen-bond donors (Lipinski definition) is 2. The number of hydrogen-bond acceptors (Lipinski definition) is 5. The van der Waals surface area contributed by atoms with Crippen LogP contribution >= 0.6 is 0 Å². The number of carbonyl (C=O) groups excluding carboxylic acids is 1. The van der Waals surface area contributed by atoms with Crippen LogP contribution in [0.4, 0.5) is 0 Å². The van der Waals surface area contributed by atoms with Crippen molar-refractivity contribution >= 4 is 16.9 Å². The van der Waals surface area contributed by atoms with E-state index in [1.54, 1.807) is 6.07 Å². The van der Waals surface area contributed by atoms with Crippen LogP contribution in [0, 0.1) is 0 Å². The molecule has 2 rings (SSSR count). The van der Waals surface area contributed by atoms with Gasteiger partial charge >= 0.3 is 5.97 Å². The highest BCUT2D eigenvalue weighted by Gasteiger charge is 2.22. The van der Waals surface area contributed by atoms with Gasteiger partial charge < -0.3 is 14.9 Å². The molecule has 0 aliphatic heterocycles. The Hall–Kier alpha value is -1.98. The molecule has 2 N–H and O–H groups in total. The second kappa shape index (κ2) is 5.77. The van der Waals surface area contributed by atoms with E-state index in [0.29, 0.717) is 5.56 Å². The third kappa shape index (κ3) is 3.07. The van der Waals surface area contributed by atoms with Crippen molar-refractivity contribution < 1.29 is 19.7 Å². The first kappa shape index (κ1) is 13.5. The van der Waals surface area contributed by atoms with Crippen molar-refractivity contribution in [3.8, 4) is 0 Å². The first-order valence-corrected chi connectivity index (χ1v) is 5.89. The molecule has 0 amide bonds. The van der Waals surface area contributed by atoms with Gasteiger partial charge in [-0.25, -0.2) is 0 Å². The molecule has 5 heteroatoms. The first-order valence-electron chi connectivity index (χ1n) is 5.89. The minimum atomic E-state index is -1.21. The van der Waals surface area contributed by atoms with Gasteiger partial charge in [0.05, 0.1) is 25.2 Å². The summed E-state index contributed by atoms with van der Waals surface area (Å²) in [7, 11) is 1.24. The van der Waals surface area contributed by atoms with Crippen LogP contribution in [0.5, 0.6) is 0 Å². The van der Waals surface area contributed by atoms with Gasteiger partial charge in [-0.2, -0.15) is 0 Å². The van der Waals surface area contributed by atoms with Crippen LogP contribution in [0.25, 0.3) is 10.9 Å². The number of pyridine rings is 1. The van der Waals surface area contributed by atoms with Gasteiger partial charge in [0.1, 0.15) is 6.10 Å². The van der Waals surface area contributed by atoms with E-state index >= 15 is 0 Å². The van der Waals surface area contributed by atoms with Crippen molar-refractivity contribution in [3.63, 3.8) is 0 Å². The molecule has 19 heavy (non-hydrogen) atoms. The van der Waals surface area contributed by atoms with Crippen LogP contribution in [-0.2, 0) is 9.53 Å². The Labute approximate surface area is 110 Å². The highest BCUT2D eigenvalue weighted by atomic mass is 16.5. The number of esters is 1. The quantitative estimate of drug-likeness (QED) is 0.808. The second-order valence-electron chi connectivity index (χ2n) is 4.25. The largest absolute Gasteiger partial charge is 0.469 e. The summed E-state index contributed by atoms with van der Waals surface area (Å²) in [5.41, 5.74) is 1.27. The van der Waals surface area contributed by atoms with E-state index in [9.17, 15) is 15.0 Å². The number of carbonyl (C=O) groups is 1. The number of aliphatic hydroxyl groups is 2. The van der Waals surface area contributed by atoms with Gasteiger partial charge in [-0.1, -0.05) is 18.2 Å². The maximum Gasteiger partial charge on any atom is 0.308 e. The minimum absolute atomic E-state index is 0.259. The Balaban J connectivity index is 2.21. The summed E-state index contributed by atoms with van der Waals surface area (Å²) in [5, 5.41) is 20.6. The number of rotatable bonds is 4. The third-order valence-electron chi connectivity index (χ3n) is 2.92. The third-order valence-corrected chi connectivity index (χ3v) is 2.92. The van der Waals surface area contributed by atoms with Gasteiger partial charge in [0, 0.05) is 17.1 Å². The average molecular weight is 261 g/mol. The Kier molecular flexibility index (Phi) is 4.09. The Morgan fingerprint density at radius 1 is 1.37 bits per heavy atom. The summed E-state index contributed by atoms with van der Waals surface area (Å²) < 4.78 is 4.45. The normalized spacial score (nSPS) is 14.1. The summed E-state index contributed by atoms with van der Waals surface area (Å²) in [6.07, 6.45) is -1.15. The van der Waals surface area contributed by atoms with Gasteiger partial charge in [-0.05, 0) is 12.1 Å². The SMILES string of the molecule is COC(=O)CC(O)C(O)c1cnc2ccccc2c1. The average Bonchev–Trinajstić information content (AvgIpc) is 2.45. The molecule has 0 fully saturated rings. The van der Waals surface area contributed by atoms with Gasteiger partial charge in [-0.15, -0.1) is 0 Å². The number of benzene rings is 1. The highest BCUT2D eigenvalue weighted by molar-refractivity contribution is 5.78. The lowest BCUT2D eigenvalue weighted by molar-refractivity contribution is -0.144. The summed E-state index contributed by atoms with van der Waals surface area (Å²) in [5.74, 6) is -0.569. The number of fused-ring (bicyclic) bond motifs is 1. The molecule has 0 aliphatic rings. The second-order valence-corrected chi connectivity index (χ2v) is 4.25. The molecule has 0 aliphatic carbocycles. The topological polar surface area (TPSA) is 79.7 Å². The van der Waals surface area contributed by atoms with Gasteiger partial charge in [0.2, 0.25) is 0 Å². The molecule has 1 aromatic heterocycles. The molecule has 0 saturated carbocycles. The predicted octanol–water partition coefficient (Wildman–Crippen LogP) is 1.19. The lowest BCUT2D eigenvalue weighted by Gasteiger charge is -2.17. The Bertz CT molecular complexity index is 584. The Morgan fingerprint density at radius 2 is 2.11 bits per heavy atom. The zero-order valence-corrected chi connectivity index (χ0v) is 10.5. The van der Waals surface area contributed by atoms with Crippen molar-refractivity contribution in [2.24, 2.45) is 0 Å². The number of aromatic nitrogens is 1. The summed E-state index contributed by atoms with van der Waals surface area (Å²) in [4.78, 5) is 15.3. The fraction of sp³-hybridized carbons (Fsp3) is 0.286. The highest BCUT2D eigenvalue weighted by Crippen LogP contribution is 2.22. The number of methoxy groups -OCH3 is 1. The molecule has 0 spiro atoms. The van der Waals surface area contributed by atoms with E-state index in [0.717, 1.165) is 10.9 Å². The van der Waals surface area contributed by atoms with Crippen LogP contribution in [-0.4, -0.2) is 34.4 Å². The molecular weight excluding hydrogens is 246 g/mol. The van der Waals surface area contributed by atoms with Crippen molar-refractivity contribution in [1.82, 2.24) is 4.98 Å². The molecule has 1 aromatic carbocycles. The smallest absolute Gasteiger partial charge is 0.308 e. The number of aliphatic hydroxyl groups excluding tert-OH is 2. The molecule has 0 radical (unpaired) electrons. The molecule has 0 saturated heterocycles. The predicted molar refractivity (Wildman–Crippen MR) is 69.3 cm³/mol. The van der Waals surface area contributed by atoms with Crippen LogP contribution < -0.4 is 0 Å². The lowest BCUT2D eigenvalue weighted by atomic mass is 10.0. The molecule has 1 heterocycles. The monoisotopic (exact) mass is 261 g/mol. The number of para-hydroxylation sites is 1. The van der Waals surface area contributed by atoms with Gasteiger partial charge in [0.25, 0.3) is 0 Å². The Morgan fingerprint density at radius 3 is 2.84 bits per heavy atom. The van der Waals surface area contributed by atoms with Crippen LogP contribution in [0.3, 0.4) is 0 Å². The standard InChI is InChI=1S/C14H15NO4/c1-19-13(17)7-12(16)14(18)10-6-9-4-2-3-5-11(9)15-8-10/h2-6,8,12,14,16,18H,7H2,1H3. The van der Waals surface area contributed by atoms with Crippen LogP contribution in [0.2, 0.25) is 0 Å². The molecule has 0 bridgehead atoms. The summed E-state index contributed by atoms with van der Waals surface area (Å²) in [6.45, 7) is 0. The van der Waals surface area contributed by atoms with Crippen molar-refractivity contribution in [2.75, 3.05) is 7.11 Å². The van der Waals surface area contributed by atoms with E-state index in [4.69, 9.17) is 0 Å². The molecule has 100 valence electrons. The van der Waals surface area contributed by atoms with Gasteiger partial charge in [0.15, 0.2) is 0 Å². The van der Waals surface area contributed by atoms with Crippen molar-refractivity contribution in [3.05, 3.63) is 42.1 Å². The number of ether oxygens (including phenoxy) is 1. The van der Waals surface area contributed by atoms with E-state index < -0.39 is 18.2 Å².